The summed E-state index contributed by atoms with van der Waals surface area (Å²) in [5, 5.41) is 16.1. The third-order valence-corrected chi connectivity index (χ3v) is 4.11. The number of aromatic amines is 1. The largest absolute Gasteiger partial charge is 0.394 e. The van der Waals surface area contributed by atoms with Crippen LogP contribution in [0, 0.1) is 0 Å². The Morgan fingerprint density at radius 1 is 1.45 bits per heavy atom. The van der Waals surface area contributed by atoms with Gasteiger partial charge in [0, 0.05) is 23.1 Å². The van der Waals surface area contributed by atoms with Crippen LogP contribution in [0.15, 0.2) is 34.8 Å². The summed E-state index contributed by atoms with van der Waals surface area (Å²) in [5.41, 5.74) is 2.10. The van der Waals surface area contributed by atoms with Gasteiger partial charge in [-0.05, 0) is 18.2 Å². The summed E-state index contributed by atoms with van der Waals surface area (Å²) < 4.78 is 6.35. The van der Waals surface area contributed by atoms with E-state index in [1.165, 1.54) is 0 Å². The number of carbonyl (C=O) groups is 1. The molecule has 6 nitrogen and oxygen atoms in total. The third-order valence-electron chi connectivity index (χ3n) is 3.58. The summed E-state index contributed by atoms with van der Waals surface area (Å²) in [6.07, 6.45) is -0.313. The molecule has 1 aromatic heterocycles. The van der Waals surface area contributed by atoms with E-state index in [1.54, 1.807) is 11.0 Å². The van der Waals surface area contributed by atoms with E-state index in [9.17, 15) is 4.79 Å². The summed E-state index contributed by atoms with van der Waals surface area (Å²) in [7, 11) is 0. The van der Waals surface area contributed by atoms with E-state index >= 15 is 0 Å². The molecule has 1 aliphatic rings. The van der Waals surface area contributed by atoms with Gasteiger partial charge in [-0.25, -0.2) is 0 Å². The van der Waals surface area contributed by atoms with Crippen molar-refractivity contribution in [3.8, 4) is 11.3 Å². The van der Waals surface area contributed by atoms with Gasteiger partial charge in [-0.2, -0.15) is 5.10 Å². The molecule has 1 fully saturated rings. The average Bonchev–Trinajstić information content (AvgIpc) is 3.05. The van der Waals surface area contributed by atoms with Crippen molar-refractivity contribution in [3.05, 3.63) is 40.5 Å². The van der Waals surface area contributed by atoms with Crippen LogP contribution in [0.1, 0.15) is 10.5 Å². The lowest BCUT2D eigenvalue weighted by Crippen LogP contribution is -2.47. The Balaban J connectivity index is 1.75. The number of aromatic nitrogens is 2. The quantitative estimate of drug-likeness (QED) is 0.867. The highest BCUT2D eigenvalue weighted by Crippen LogP contribution is 2.21. The van der Waals surface area contributed by atoms with Crippen molar-refractivity contribution < 1.29 is 14.6 Å². The Labute approximate surface area is 136 Å². The Morgan fingerprint density at radius 2 is 2.23 bits per heavy atom. The molecule has 0 radical (unpaired) electrons. The summed E-state index contributed by atoms with van der Waals surface area (Å²) in [6.45, 7) is 1.26. The molecule has 0 aliphatic carbocycles. The molecule has 1 aliphatic heterocycles. The maximum absolute atomic E-state index is 12.5. The van der Waals surface area contributed by atoms with Gasteiger partial charge < -0.3 is 14.7 Å². The summed E-state index contributed by atoms with van der Waals surface area (Å²) in [5.74, 6) is -0.127. The van der Waals surface area contributed by atoms with Gasteiger partial charge in [-0.3, -0.25) is 9.89 Å². The lowest BCUT2D eigenvalue weighted by atomic mass is 10.1. The van der Waals surface area contributed by atoms with Crippen molar-refractivity contribution in [2.75, 3.05) is 26.3 Å². The van der Waals surface area contributed by atoms with E-state index in [4.69, 9.17) is 9.84 Å². The fourth-order valence-electron chi connectivity index (χ4n) is 2.38. The first-order valence-corrected chi connectivity index (χ1v) is 7.80. The standard InChI is InChI=1S/C15H16BrN3O3/c16-11-3-1-10(2-4-11)13-7-14(18-17-13)15(21)19-5-6-22-12(8-19)9-20/h1-4,7,12,20H,5-6,8-9H2,(H,17,18)/t12-/m1/s1. The molecule has 1 atom stereocenters. The van der Waals surface area contributed by atoms with E-state index in [1.807, 2.05) is 24.3 Å². The van der Waals surface area contributed by atoms with E-state index in [2.05, 4.69) is 26.1 Å². The summed E-state index contributed by atoms with van der Waals surface area (Å²) >= 11 is 3.39. The molecule has 3 rings (SSSR count). The van der Waals surface area contributed by atoms with Gasteiger partial charge in [0.15, 0.2) is 0 Å². The minimum atomic E-state index is -0.313. The third kappa shape index (κ3) is 3.21. The number of H-pyrrole nitrogens is 1. The lowest BCUT2D eigenvalue weighted by molar-refractivity contribution is -0.0448. The normalized spacial score (nSPS) is 18.5. The highest BCUT2D eigenvalue weighted by atomic mass is 79.9. The summed E-state index contributed by atoms with van der Waals surface area (Å²) in [4.78, 5) is 14.1. The van der Waals surface area contributed by atoms with Crippen molar-refractivity contribution in [2.24, 2.45) is 0 Å². The highest BCUT2D eigenvalue weighted by Gasteiger charge is 2.25. The zero-order valence-corrected chi connectivity index (χ0v) is 13.4. The fraction of sp³-hybridized carbons (Fsp3) is 0.333. The first kappa shape index (κ1) is 15.2. The SMILES string of the molecule is O=C(c1cc(-c2ccc(Br)cc2)n[nH]1)N1CCO[C@@H](CO)C1. The van der Waals surface area contributed by atoms with Crippen LogP contribution in [0.2, 0.25) is 0 Å². The number of hydrogen-bond acceptors (Lipinski definition) is 4. The number of aliphatic hydroxyl groups is 1. The maximum atomic E-state index is 12.5. The number of ether oxygens (including phenoxy) is 1. The summed E-state index contributed by atoms with van der Waals surface area (Å²) in [6, 6.07) is 9.48. The minimum Gasteiger partial charge on any atom is -0.394 e. The van der Waals surface area contributed by atoms with Crippen LogP contribution in [0.5, 0.6) is 0 Å². The molecule has 1 saturated heterocycles. The number of halogens is 1. The molecule has 22 heavy (non-hydrogen) atoms. The van der Waals surface area contributed by atoms with Gasteiger partial charge in [0.1, 0.15) is 5.69 Å². The number of morpholine rings is 1. The maximum Gasteiger partial charge on any atom is 0.272 e. The number of nitrogens with one attached hydrogen (secondary N) is 1. The van der Waals surface area contributed by atoms with Gasteiger partial charge in [-0.15, -0.1) is 0 Å². The van der Waals surface area contributed by atoms with Gasteiger partial charge in [0.05, 0.1) is 25.0 Å². The number of hydrogen-bond donors (Lipinski definition) is 2. The number of carbonyl (C=O) groups excluding carboxylic acids is 1. The molecule has 1 aromatic carbocycles. The number of rotatable bonds is 3. The lowest BCUT2D eigenvalue weighted by Gasteiger charge is -2.31. The van der Waals surface area contributed by atoms with Gasteiger partial charge in [-0.1, -0.05) is 28.1 Å². The molecular weight excluding hydrogens is 350 g/mol. The van der Waals surface area contributed by atoms with Crippen LogP contribution in [-0.2, 0) is 4.74 Å². The molecule has 2 heterocycles. The molecule has 0 unspecified atom stereocenters. The fourth-order valence-corrected chi connectivity index (χ4v) is 2.65. The second kappa shape index (κ2) is 6.60. The zero-order valence-electron chi connectivity index (χ0n) is 11.8. The van der Waals surface area contributed by atoms with E-state index in [0.717, 1.165) is 15.7 Å². The van der Waals surface area contributed by atoms with Crippen molar-refractivity contribution >= 4 is 21.8 Å². The van der Waals surface area contributed by atoms with Crippen molar-refractivity contribution in [2.45, 2.75) is 6.10 Å². The Kier molecular flexibility index (Phi) is 4.56. The van der Waals surface area contributed by atoms with Crippen molar-refractivity contribution in [1.82, 2.24) is 15.1 Å². The highest BCUT2D eigenvalue weighted by molar-refractivity contribution is 9.10. The van der Waals surface area contributed by atoms with Gasteiger partial charge in [0.25, 0.3) is 5.91 Å². The first-order valence-electron chi connectivity index (χ1n) is 7.00. The molecule has 0 spiro atoms. The van der Waals surface area contributed by atoms with Gasteiger partial charge >= 0.3 is 0 Å². The van der Waals surface area contributed by atoms with Crippen LogP contribution in [-0.4, -0.2) is 58.5 Å². The topological polar surface area (TPSA) is 78.5 Å². The molecule has 7 heteroatoms. The Bertz CT molecular complexity index is 656. The molecular formula is C15H16BrN3O3. The van der Waals surface area contributed by atoms with Crippen molar-refractivity contribution in [3.63, 3.8) is 0 Å². The number of benzene rings is 1. The van der Waals surface area contributed by atoms with Crippen LogP contribution in [0.4, 0.5) is 0 Å². The Morgan fingerprint density at radius 3 is 2.95 bits per heavy atom. The van der Waals surface area contributed by atoms with E-state index in [-0.39, 0.29) is 18.6 Å². The molecule has 1 amide bonds. The second-order valence-corrected chi connectivity index (χ2v) is 6.02. The van der Waals surface area contributed by atoms with Crippen LogP contribution in [0.3, 0.4) is 0 Å². The Hall–Kier alpha value is -1.70. The number of aliphatic hydroxyl groups excluding tert-OH is 1. The molecule has 116 valence electrons. The van der Waals surface area contributed by atoms with E-state index < -0.39 is 0 Å². The number of amides is 1. The smallest absolute Gasteiger partial charge is 0.272 e. The van der Waals surface area contributed by atoms with Crippen LogP contribution >= 0.6 is 15.9 Å². The van der Waals surface area contributed by atoms with E-state index in [0.29, 0.717) is 25.4 Å². The second-order valence-electron chi connectivity index (χ2n) is 5.10. The first-order chi connectivity index (χ1) is 10.7. The molecule has 0 bridgehead atoms. The van der Waals surface area contributed by atoms with Crippen LogP contribution in [0.25, 0.3) is 11.3 Å². The minimum absolute atomic E-state index is 0.0864. The van der Waals surface area contributed by atoms with Crippen LogP contribution < -0.4 is 0 Å². The monoisotopic (exact) mass is 365 g/mol. The molecule has 2 N–H and O–H groups in total. The molecule has 2 aromatic rings. The zero-order chi connectivity index (χ0) is 15.5. The number of nitrogens with zero attached hydrogens (tertiary/aromatic N) is 2. The predicted molar refractivity (Wildman–Crippen MR) is 84.5 cm³/mol. The molecule has 0 saturated carbocycles. The average molecular weight is 366 g/mol. The predicted octanol–water partition coefficient (Wildman–Crippen LogP) is 1.67. The van der Waals surface area contributed by atoms with Crippen molar-refractivity contribution in [1.29, 1.82) is 0 Å². The van der Waals surface area contributed by atoms with Gasteiger partial charge in [0.2, 0.25) is 0 Å².